The Labute approximate surface area is 139 Å². The summed E-state index contributed by atoms with van der Waals surface area (Å²) < 4.78 is 12.2. The van der Waals surface area contributed by atoms with Crippen molar-refractivity contribution in [1.82, 2.24) is 4.57 Å². The molecule has 0 bridgehead atoms. The van der Waals surface area contributed by atoms with Crippen LogP contribution < -0.4 is 4.74 Å². The Kier molecular flexibility index (Phi) is 4.26. The van der Waals surface area contributed by atoms with Crippen LogP contribution in [0.5, 0.6) is 5.75 Å². The first-order valence-electron chi connectivity index (χ1n) is 7.26. The summed E-state index contributed by atoms with van der Waals surface area (Å²) in [4.78, 5) is 12.3. The zero-order chi connectivity index (χ0) is 16.4. The van der Waals surface area contributed by atoms with Crippen molar-refractivity contribution in [2.24, 2.45) is 0 Å². The first-order chi connectivity index (χ1) is 11.1. The van der Waals surface area contributed by atoms with Gasteiger partial charge in [-0.15, -0.1) is 0 Å². The highest BCUT2D eigenvalue weighted by Gasteiger charge is 2.18. The van der Waals surface area contributed by atoms with E-state index in [1.54, 1.807) is 20.1 Å². The fraction of sp³-hybridized carbons (Fsp3) is 0.167. The number of carbonyl (C=O) groups is 1. The van der Waals surface area contributed by atoms with E-state index in [1.807, 2.05) is 47.0 Å². The largest absolute Gasteiger partial charge is 0.497 e. The molecule has 0 saturated heterocycles. The molecule has 0 spiro atoms. The lowest BCUT2D eigenvalue weighted by atomic mass is 10.2. The molecule has 23 heavy (non-hydrogen) atoms. The maximum absolute atomic E-state index is 12.3. The molecule has 0 atom stereocenters. The average molecular weight is 330 g/mol. The highest BCUT2D eigenvalue weighted by molar-refractivity contribution is 6.31. The van der Waals surface area contributed by atoms with Crippen molar-refractivity contribution in [3.05, 3.63) is 59.2 Å². The van der Waals surface area contributed by atoms with Gasteiger partial charge in [0.05, 0.1) is 19.2 Å². The molecule has 3 aromatic rings. The molecule has 0 aliphatic heterocycles. The third kappa shape index (κ3) is 2.90. The molecule has 1 heterocycles. The quantitative estimate of drug-likeness (QED) is 0.663. The molecule has 0 aliphatic carbocycles. The predicted molar refractivity (Wildman–Crippen MR) is 90.8 cm³/mol. The molecule has 0 fully saturated rings. The zero-order valence-corrected chi connectivity index (χ0v) is 13.6. The van der Waals surface area contributed by atoms with Gasteiger partial charge in [0, 0.05) is 16.1 Å². The van der Waals surface area contributed by atoms with Crippen LogP contribution in [0.3, 0.4) is 0 Å². The summed E-state index contributed by atoms with van der Waals surface area (Å²) in [5.41, 5.74) is 2.16. The maximum atomic E-state index is 12.3. The Hall–Kier alpha value is -2.46. The Morgan fingerprint density at radius 3 is 2.52 bits per heavy atom. The van der Waals surface area contributed by atoms with Crippen LogP contribution in [0, 0.1) is 0 Å². The fourth-order valence-corrected chi connectivity index (χ4v) is 2.71. The van der Waals surface area contributed by atoms with Gasteiger partial charge in [0.2, 0.25) is 0 Å². The topological polar surface area (TPSA) is 40.5 Å². The Morgan fingerprint density at radius 1 is 1.13 bits per heavy atom. The van der Waals surface area contributed by atoms with Gasteiger partial charge in [-0.2, -0.15) is 0 Å². The highest BCUT2D eigenvalue weighted by atomic mass is 35.5. The van der Waals surface area contributed by atoms with E-state index in [0.29, 0.717) is 17.3 Å². The van der Waals surface area contributed by atoms with Crippen LogP contribution in [0.25, 0.3) is 16.6 Å². The van der Waals surface area contributed by atoms with E-state index in [1.165, 1.54) is 0 Å². The molecule has 0 unspecified atom stereocenters. The smallest absolute Gasteiger partial charge is 0.355 e. The van der Waals surface area contributed by atoms with Gasteiger partial charge in [-0.3, -0.25) is 0 Å². The van der Waals surface area contributed by atoms with Crippen molar-refractivity contribution in [3.63, 3.8) is 0 Å². The zero-order valence-electron chi connectivity index (χ0n) is 12.9. The first kappa shape index (κ1) is 15.4. The van der Waals surface area contributed by atoms with E-state index in [-0.39, 0.29) is 5.97 Å². The van der Waals surface area contributed by atoms with Gasteiger partial charge in [0.15, 0.2) is 0 Å². The maximum Gasteiger partial charge on any atom is 0.355 e. The molecule has 2 aromatic carbocycles. The number of aromatic nitrogens is 1. The number of benzene rings is 2. The summed E-state index contributed by atoms with van der Waals surface area (Å²) >= 11 is 6.13. The summed E-state index contributed by atoms with van der Waals surface area (Å²) in [6.07, 6.45) is 0. The van der Waals surface area contributed by atoms with Crippen molar-refractivity contribution in [2.45, 2.75) is 6.92 Å². The van der Waals surface area contributed by atoms with Gasteiger partial charge < -0.3 is 14.0 Å². The summed E-state index contributed by atoms with van der Waals surface area (Å²) in [6, 6.07) is 14.8. The van der Waals surface area contributed by atoms with Crippen LogP contribution in [0.1, 0.15) is 17.4 Å². The van der Waals surface area contributed by atoms with Crippen molar-refractivity contribution >= 4 is 28.5 Å². The second kappa shape index (κ2) is 6.34. The van der Waals surface area contributed by atoms with Gasteiger partial charge >= 0.3 is 5.97 Å². The SMILES string of the molecule is CCOC(=O)c1cc2ccc(Cl)cc2n1-c1ccc(OC)cc1. The second-order valence-corrected chi connectivity index (χ2v) is 5.42. The van der Waals surface area contributed by atoms with Crippen LogP contribution in [-0.2, 0) is 4.74 Å². The van der Waals surface area contributed by atoms with E-state index < -0.39 is 0 Å². The Bertz CT molecular complexity index is 853. The van der Waals surface area contributed by atoms with Crippen molar-refractivity contribution in [2.75, 3.05) is 13.7 Å². The van der Waals surface area contributed by atoms with E-state index in [0.717, 1.165) is 22.3 Å². The number of ether oxygens (including phenoxy) is 2. The average Bonchev–Trinajstić information content (AvgIpc) is 2.94. The molecule has 4 nitrogen and oxygen atoms in total. The molecule has 1 aromatic heterocycles. The lowest BCUT2D eigenvalue weighted by Crippen LogP contribution is -2.10. The van der Waals surface area contributed by atoms with Gasteiger partial charge in [-0.25, -0.2) is 4.79 Å². The number of fused-ring (bicyclic) bond motifs is 1. The van der Waals surface area contributed by atoms with Crippen LogP contribution in [-0.4, -0.2) is 24.3 Å². The van der Waals surface area contributed by atoms with E-state index in [4.69, 9.17) is 21.1 Å². The number of esters is 1. The first-order valence-corrected chi connectivity index (χ1v) is 7.64. The third-order valence-corrected chi connectivity index (χ3v) is 3.82. The summed E-state index contributed by atoms with van der Waals surface area (Å²) in [5, 5.41) is 1.54. The molecule has 0 saturated carbocycles. The summed E-state index contributed by atoms with van der Waals surface area (Å²) in [6.45, 7) is 2.11. The van der Waals surface area contributed by atoms with E-state index >= 15 is 0 Å². The molecule has 0 aliphatic rings. The molecule has 0 N–H and O–H groups in total. The van der Waals surface area contributed by atoms with Gasteiger partial charge in [-0.1, -0.05) is 17.7 Å². The molecule has 0 radical (unpaired) electrons. The number of halogens is 1. The second-order valence-electron chi connectivity index (χ2n) is 4.99. The highest BCUT2D eigenvalue weighted by Crippen LogP contribution is 2.28. The Balaban J connectivity index is 2.23. The molecular weight excluding hydrogens is 314 g/mol. The summed E-state index contributed by atoms with van der Waals surface area (Å²) in [5.74, 6) is 0.386. The van der Waals surface area contributed by atoms with Crippen LogP contribution >= 0.6 is 11.6 Å². The van der Waals surface area contributed by atoms with Gasteiger partial charge in [-0.05, 0) is 49.4 Å². The van der Waals surface area contributed by atoms with Crippen LogP contribution in [0.15, 0.2) is 48.5 Å². The lowest BCUT2D eigenvalue weighted by molar-refractivity contribution is 0.0517. The van der Waals surface area contributed by atoms with E-state index in [2.05, 4.69) is 0 Å². The monoisotopic (exact) mass is 329 g/mol. The number of hydrogen-bond acceptors (Lipinski definition) is 3. The Morgan fingerprint density at radius 2 is 1.87 bits per heavy atom. The molecule has 0 amide bonds. The number of hydrogen-bond donors (Lipinski definition) is 0. The number of methoxy groups -OCH3 is 1. The molecule has 5 heteroatoms. The minimum atomic E-state index is -0.365. The fourth-order valence-electron chi connectivity index (χ4n) is 2.54. The van der Waals surface area contributed by atoms with Crippen molar-refractivity contribution in [3.8, 4) is 11.4 Å². The number of carbonyl (C=O) groups excluding carboxylic acids is 1. The van der Waals surface area contributed by atoms with E-state index in [9.17, 15) is 4.79 Å². The normalized spacial score (nSPS) is 10.7. The minimum Gasteiger partial charge on any atom is -0.497 e. The van der Waals surface area contributed by atoms with Crippen molar-refractivity contribution < 1.29 is 14.3 Å². The van der Waals surface area contributed by atoms with Crippen LogP contribution in [0.4, 0.5) is 0 Å². The third-order valence-electron chi connectivity index (χ3n) is 3.58. The number of nitrogens with zero attached hydrogens (tertiary/aromatic N) is 1. The van der Waals surface area contributed by atoms with Gasteiger partial charge in [0.25, 0.3) is 0 Å². The standard InChI is InChI=1S/C18H16ClNO3/c1-3-23-18(21)17-10-12-4-5-13(19)11-16(12)20(17)14-6-8-15(22-2)9-7-14/h4-11H,3H2,1-2H3. The summed E-state index contributed by atoms with van der Waals surface area (Å²) in [7, 11) is 1.61. The van der Waals surface area contributed by atoms with Gasteiger partial charge in [0.1, 0.15) is 11.4 Å². The molecular formula is C18H16ClNO3. The molecule has 118 valence electrons. The molecule has 3 rings (SSSR count). The number of rotatable bonds is 4. The van der Waals surface area contributed by atoms with Crippen LogP contribution in [0.2, 0.25) is 5.02 Å². The minimum absolute atomic E-state index is 0.323. The predicted octanol–water partition coefficient (Wildman–Crippen LogP) is 4.47. The lowest BCUT2D eigenvalue weighted by Gasteiger charge is -2.11. The van der Waals surface area contributed by atoms with Crippen molar-refractivity contribution in [1.29, 1.82) is 0 Å².